The highest BCUT2D eigenvalue weighted by Gasteiger charge is 2.25. The number of ether oxygens (including phenoxy) is 1. The van der Waals surface area contributed by atoms with Gasteiger partial charge in [0.2, 0.25) is 0 Å². The third-order valence-electron chi connectivity index (χ3n) is 3.56. The van der Waals surface area contributed by atoms with Crippen molar-refractivity contribution in [3.63, 3.8) is 0 Å². The van der Waals surface area contributed by atoms with Crippen LogP contribution in [0.2, 0.25) is 0 Å². The lowest BCUT2D eigenvalue weighted by Crippen LogP contribution is -2.23. The van der Waals surface area contributed by atoms with Crippen molar-refractivity contribution in [2.75, 3.05) is 6.61 Å². The number of pyridine rings is 1. The molecule has 0 aliphatic carbocycles. The molecule has 2 atom stereocenters. The summed E-state index contributed by atoms with van der Waals surface area (Å²) < 4.78 is 5.60. The number of carbonyl (C=O) groups is 1. The van der Waals surface area contributed by atoms with Crippen molar-refractivity contribution in [2.24, 2.45) is 0 Å². The second-order valence-corrected chi connectivity index (χ2v) is 6.17. The van der Waals surface area contributed by atoms with Crippen molar-refractivity contribution in [3.8, 4) is 0 Å². The average molecular weight is 287 g/mol. The average Bonchev–Trinajstić information content (AvgIpc) is 3.02. The molecule has 4 heteroatoms. The Morgan fingerprint density at radius 1 is 1.45 bits per heavy atom. The number of aromatic nitrogens is 1. The normalized spacial score (nSPS) is 20.1. The molecule has 0 saturated carbocycles. The van der Waals surface area contributed by atoms with Gasteiger partial charge < -0.3 is 9.53 Å². The Bertz CT molecular complexity index is 596. The minimum Gasteiger partial charge on any atom is -0.377 e. The first-order chi connectivity index (χ1) is 9.86. The van der Waals surface area contributed by atoms with E-state index >= 15 is 0 Å². The largest absolute Gasteiger partial charge is 0.377 e. The van der Waals surface area contributed by atoms with Crippen LogP contribution >= 0.6 is 11.8 Å². The van der Waals surface area contributed by atoms with Gasteiger partial charge in [-0.25, -0.2) is 0 Å². The van der Waals surface area contributed by atoms with E-state index < -0.39 is 0 Å². The molecule has 0 N–H and O–H groups in total. The third-order valence-corrected chi connectivity index (χ3v) is 4.85. The summed E-state index contributed by atoms with van der Waals surface area (Å²) >= 11 is 1.65. The molecule has 2 heterocycles. The molecule has 1 saturated heterocycles. The summed E-state index contributed by atoms with van der Waals surface area (Å²) in [4.78, 5) is 15.7. The van der Waals surface area contributed by atoms with Gasteiger partial charge >= 0.3 is 0 Å². The highest BCUT2D eigenvalue weighted by atomic mass is 32.2. The highest BCUT2D eigenvalue weighted by Crippen LogP contribution is 2.27. The number of aldehydes is 1. The summed E-state index contributed by atoms with van der Waals surface area (Å²) in [6.45, 7) is 0.785. The van der Waals surface area contributed by atoms with Crippen molar-refractivity contribution in [1.29, 1.82) is 0 Å². The molecule has 3 nitrogen and oxygen atoms in total. The first-order valence-electron chi connectivity index (χ1n) is 6.89. The quantitative estimate of drug-likeness (QED) is 0.792. The summed E-state index contributed by atoms with van der Waals surface area (Å²) in [5.41, 5.74) is 2.16. The van der Waals surface area contributed by atoms with Crippen LogP contribution in [0.4, 0.5) is 0 Å². The van der Waals surface area contributed by atoms with Crippen molar-refractivity contribution >= 4 is 29.0 Å². The number of carbonyl (C=O) groups excluding carboxylic acids is 1. The Balaban J connectivity index is 1.67. The van der Waals surface area contributed by atoms with Crippen LogP contribution in [-0.4, -0.2) is 29.2 Å². The summed E-state index contributed by atoms with van der Waals surface area (Å²) in [7, 11) is 0. The molecule has 0 spiro atoms. The van der Waals surface area contributed by atoms with Gasteiger partial charge in [-0.05, 0) is 30.5 Å². The van der Waals surface area contributed by atoms with E-state index in [9.17, 15) is 4.79 Å². The lowest BCUT2D eigenvalue weighted by Gasteiger charge is -2.16. The number of fused-ring (bicyclic) bond motifs is 1. The number of benzene rings is 1. The van der Waals surface area contributed by atoms with E-state index in [1.165, 1.54) is 0 Å². The molecule has 20 heavy (non-hydrogen) atoms. The molecular weight excluding hydrogens is 270 g/mol. The Kier molecular flexibility index (Phi) is 4.33. The summed E-state index contributed by atoms with van der Waals surface area (Å²) in [6, 6.07) is 10.2. The SMILES string of the molecule is O=CC(SCc1cnc2ccccc2c1)[C@H]1CCCO1. The van der Waals surface area contributed by atoms with Gasteiger partial charge in [0.25, 0.3) is 0 Å². The number of rotatable bonds is 5. The van der Waals surface area contributed by atoms with Gasteiger partial charge in [-0.1, -0.05) is 18.2 Å². The zero-order valence-corrected chi connectivity index (χ0v) is 12.0. The van der Waals surface area contributed by atoms with E-state index in [2.05, 4.69) is 17.1 Å². The lowest BCUT2D eigenvalue weighted by atomic mass is 10.2. The van der Waals surface area contributed by atoms with E-state index in [0.29, 0.717) is 0 Å². The fourth-order valence-corrected chi connectivity index (χ4v) is 3.53. The lowest BCUT2D eigenvalue weighted by molar-refractivity contribution is -0.109. The smallest absolute Gasteiger partial charge is 0.135 e. The second-order valence-electron chi connectivity index (χ2n) is 5.00. The predicted molar refractivity (Wildman–Crippen MR) is 81.9 cm³/mol. The van der Waals surface area contributed by atoms with Gasteiger partial charge in [-0.3, -0.25) is 4.98 Å². The van der Waals surface area contributed by atoms with E-state index in [0.717, 1.165) is 48.0 Å². The molecule has 1 aliphatic heterocycles. The summed E-state index contributed by atoms with van der Waals surface area (Å²) in [5, 5.41) is 1.08. The fourth-order valence-electron chi connectivity index (χ4n) is 2.48. The topological polar surface area (TPSA) is 39.2 Å². The van der Waals surface area contributed by atoms with Crippen molar-refractivity contribution in [2.45, 2.75) is 29.9 Å². The van der Waals surface area contributed by atoms with E-state index in [1.54, 1.807) is 11.8 Å². The van der Waals surface area contributed by atoms with Crippen LogP contribution in [0.1, 0.15) is 18.4 Å². The Morgan fingerprint density at radius 3 is 3.15 bits per heavy atom. The molecule has 3 rings (SSSR count). The molecule has 0 radical (unpaired) electrons. The maximum Gasteiger partial charge on any atom is 0.135 e. The molecule has 1 aromatic carbocycles. The molecular formula is C16H17NO2S. The monoisotopic (exact) mass is 287 g/mol. The van der Waals surface area contributed by atoms with Gasteiger partial charge in [-0.15, -0.1) is 11.8 Å². The van der Waals surface area contributed by atoms with Gasteiger partial charge in [0.1, 0.15) is 6.29 Å². The molecule has 104 valence electrons. The molecule has 1 unspecified atom stereocenters. The van der Waals surface area contributed by atoms with Crippen LogP contribution in [0.3, 0.4) is 0 Å². The van der Waals surface area contributed by atoms with Crippen LogP contribution < -0.4 is 0 Å². The van der Waals surface area contributed by atoms with E-state index in [-0.39, 0.29) is 11.4 Å². The van der Waals surface area contributed by atoms with Gasteiger partial charge in [0, 0.05) is 23.9 Å². The Labute approximate surface area is 122 Å². The van der Waals surface area contributed by atoms with Crippen LogP contribution in [-0.2, 0) is 15.3 Å². The molecule has 0 amide bonds. The van der Waals surface area contributed by atoms with Crippen LogP contribution in [0, 0.1) is 0 Å². The van der Waals surface area contributed by atoms with Crippen LogP contribution in [0.5, 0.6) is 0 Å². The van der Waals surface area contributed by atoms with Gasteiger partial charge in [0.05, 0.1) is 16.9 Å². The van der Waals surface area contributed by atoms with Crippen molar-refractivity contribution in [1.82, 2.24) is 4.98 Å². The number of nitrogens with zero attached hydrogens (tertiary/aromatic N) is 1. The maximum atomic E-state index is 11.2. The second kappa shape index (κ2) is 6.37. The first kappa shape index (κ1) is 13.6. The zero-order valence-electron chi connectivity index (χ0n) is 11.2. The van der Waals surface area contributed by atoms with Crippen molar-refractivity contribution in [3.05, 3.63) is 42.1 Å². The zero-order chi connectivity index (χ0) is 13.8. The van der Waals surface area contributed by atoms with Gasteiger partial charge in [0.15, 0.2) is 0 Å². The number of thioether (sulfide) groups is 1. The highest BCUT2D eigenvalue weighted by molar-refractivity contribution is 7.99. The summed E-state index contributed by atoms with van der Waals surface area (Å²) in [5.74, 6) is 0.793. The maximum absolute atomic E-state index is 11.2. The fraction of sp³-hybridized carbons (Fsp3) is 0.375. The van der Waals surface area contributed by atoms with Gasteiger partial charge in [-0.2, -0.15) is 0 Å². The number of para-hydroxylation sites is 1. The molecule has 1 aromatic heterocycles. The third kappa shape index (κ3) is 3.02. The van der Waals surface area contributed by atoms with Crippen LogP contribution in [0.25, 0.3) is 10.9 Å². The molecule has 0 bridgehead atoms. The molecule has 1 aliphatic rings. The molecule has 2 aromatic rings. The standard InChI is InChI=1S/C16H17NO2S/c18-10-16(15-6-3-7-19-15)20-11-12-8-13-4-1-2-5-14(13)17-9-12/h1-2,4-5,8-10,15-16H,3,6-7,11H2/t15-,16?/m1/s1. The van der Waals surface area contributed by atoms with E-state index in [4.69, 9.17) is 4.74 Å². The Morgan fingerprint density at radius 2 is 2.35 bits per heavy atom. The van der Waals surface area contributed by atoms with E-state index in [1.807, 2.05) is 24.4 Å². The summed E-state index contributed by atoms with van der Waals surface area (Å²) in [6.07, 6.45) is 5.06. The minimum atomic E-state index is -0.0658. The van der Waals surface area contributed by atoms with Crippen molar-refractivity contribution < 1.29 is 9.53 Å². The number of hydrogen-bond acceptors (Lipinski definition) is 4. The predicted octanol–water partition coefficient (Wildman–Crippen LogP) is 3.21. The first-order valence-corrected chi connectivity index (χ1v) is 7.94. The minimum absolute atomic E-state index is 0.0658. The number of hydrogen-bond donors (Lipinski definition) is 0. The van der Waals surface area contributed by atoms with Crippen LogP contribution in [0.15, 0.2) is 36.5 Å². The molecule has 1 fully saturated rings. The Hall–Kier alpha value is -1.39.